The van der Waals surface area contributed by atoms with E-state index in [9.17, 15) is 18.8 Å². The molecule has 4 atom stereocenters. The van der Waals surface area contributed by atoms with Crippen LogP contribution in [0.5, 0.6) is 5.75 Å². The highest BCUT2D eigenvalue weighted by Crippen LogP contribution is 2.57. The number of carbonyl (C=O) groups excluding carboxylic acids is 3. The van der Waals surface area contributed by atoms with E-state index in [0.717, 1.165) is 0 Å². The topological polar surface area (TPSA) is 76.2 Å². The van der Waals surface area contributed by atoms with Crippen LogP contribution >= 0.6 is 11.6 Å². The van der Waals surface area contributed by atoms with Gasteiger partial charge >= 0.3 is 5.97 Å². The number of esters is 1. The van der Waals surface area contributed by atoms with Crippen molar-refractivity contribution in [2.75, 3.05) is 19.8 Å². The first kappa shape index (κ1) is 22.7. The van der Waals surface area contributed by atoms with Crippen LogP contribution in [0.4, 0.5) is 4.39 Å². The number of halogens is 2. The quantitative estimate of drug-likeness (QED) is 0.619. The SMILES string of the molecule is CCOC(=O)[C@H]1[C@H]2COc3ccc(Cl)cc3[C@@H]2N2C(=O)CN(Cc3ccc(F)cc3)C(=O)[C@@]12C. The Bertz CT molecular complexity index is 1170. The fourth-order valence-corrected chi connectivity index (χ4v) is 5.89. The van der Waals surface area contributed by atoms with E-state index in [1.165, 1.54) is 17.0 Å². The zero-order valence-corrected chi connectivity index (χ0v) is 19.5. The molecule has 0 aliphatic carbocycles. The minimum Gasteiger partial charge on any atom is -0.493 e. The first-order valence-electron chi connectivity index (χ1n) is 11.2. The number of hydrogen-bond donors (Lipinski definition) is 0. The molecule has 0 saturated carbocycles. The van der Waals surface area contributed by atoms with Crippen LogP contribution in [0.3, 0.4) is 0 Å². The lowest BCUT2D eigenvalue weighted by atomic mass is 9.77. The van der Waals surface area contributed by atoms with Crippen molar-refractivity contribution in [2.24, 2.45) is 11.8 Å². The van der Waals surface area contributed by atoms with Gasteiger partial charge in [-0.2, -0.15) is 0 Å². The van der Waals surface area contributed by atoms with E-state index in [2.05, 4.69) is 0 Å². The number of hydrogen-bond acceptors (Lipinski definition) is 5. The first-order chi connectivity index (χ1) is 16.3. The molecular formula is C25H24ClFN2O5. The molecular weight excluding hydrogens is 463 g/mol. The maximum atomic E-state index is 14.0. The molecule has 3 aliphatic heterocycles. The summed E-state index contributed by atoms with van der Waals surface area (Å²) < 4.78 is 24.7. The van der Waals surface area contributed by atoms with Gasteiger partial charge in [0.1, 0.15) is 23.7 Å². The summed E-state index contributed by atoms with van der Waals surface area (Å²) in [6.07, 6.45) is 0. The second kappa shape index (κ2) is 8.27. The fourth-order valence-electron chi connectivity index (χ4n) is 5.71. The Balaban J connectivity index is 1.59. The van der Waals surface area contributed by atoms with Gasteiger partial charge in [-0.05, 0) is 49.7 Å². The van der Waals surface area contributed by atoms with E-state index < -0.39 is 29.4 Å². The van der Waals surface area contributed by atoms with Gasteiger partial charge in [0.05, 0.1) is 25.2 Å². The number of rotatable bonds is 4. The number of amides is 2. The van der Waals surface area contributed by atoms with Gasteiger partial charge in [-0.25, -0.2) is 4.39 Å². The Kier molecular flexibility index (Phi) is 5.51. The smallest absolute Gasteiger partial charge is 0.312 e. The number of piperazine rings is 1. The number of benzene rings is 2. The number of ether oxygens (including phenoxy) is 2. The summed E-state index contributed by atoms with van der Waals surface area (Å²) in [6, 6.07) is 10.4. The molecule has 0 radical (unpaired) electrons. The summed E-state index contributed by atoms with van der Waals surface area (Å²) in [4.78, 5) is 43.8. The average molecular weight is 487 g/mol. The van der Waals surface area contributed by atoms with Gasteiger partial charge in [0, 0.05) is 23.0 Å². The van der Waals surface area contributed by atoms with E-state index in [4.69, 9.17) is 21.1 Å². The molecule has 7 nitrogen and oxygen atoms in total. The van der Waals surface area contributed by atoms with Crippen LogP contribution in [0.1, 0.15) is 31.0 Å². The van der Waals surface area contributed by atoms with Crippen LogP contribution in [0, 0.1) is 17.7 Å². The van der Waals surface area contributed by atoms with Gasteiger partial charge in [0.25, 0.3) is 0 Å². The van der Waals surface area contributed by atoms with E-state index >= 15 is 0 Å². The highest BCUT2D eigenvalue weighted by atomic mass is 35.5. The highest BCUT2D eigenvalue weighted by molar-refractivity contribution is 6.30. The number of fused-ring (bicyclic) bond motifs is 5. The van der Waals surface area contributed by atoms with Crippen molar-refractivity contribution in [3.63, 3.8) is 0 Å². The molecule has 2 amide bonds. The summed E-state index contributed by atoms with van der Waals surface area (Å²) in [6.45, 7) is 3.61. The third-order valence-corrected chi connectivity index (χ3v) is 7.32. The summed E-state index contributed by atoms with van der Waals surface area (Å²) in [5, 5.41) is 0.470. The van der Waals surface area contributed by atoms with Crippen LogP contribution in [0.2, 0.25) is 5.02 Å². The monoisotopic (exact) mass is 486 g/mol. The van der Waals surface area contributed by atoms with E-state index in [1.807, 2.05) is 0 Å². The molecule has 0 aromatic heterocycles. The molecule has 3 aliphatic rings. The van der Waals surface area contributed by atoms with Crippen molar-refractivity contribution in [1.82, 2.24) is 9.80 Å². The maximum absolute atomic E-state index is 14.0. The lowest BCUT2D eigenvalue weighted by molar-refractivity contribution is -0.170. The Hall–Kier alpha value is -3.13. The van der Waals surface area contributed by atoms with Crippen LogP contribution in [0.25, 0.3) is 0 Å². The van der Waals surface area contributed by atoms with Gasteiger partial charge in [-0.1, -0.05) is 23.7 Å². The molecule has 0 unspecified atom stereocenters. The van der Waals surface area contributed by atoms with E-state index in [-0.39, 0.29) is 43.9 Å². The van der Waals surface area contributed by atoms with E-state index in [1.54, 1.807) is 49.1 Å². The van der Waals surface area contributed by atoms with Crippen molar-refractivity contribution in [1.29, 1.82) is 0 Å². The summed E-state index contributed by atoms with van der Waals surface area (Å²) >= 11 is 6.26. The molecule has 5 rings (SSSR count). The summed E-state index contributed by atoms with van der Waals surface area (Å²) in [5.41, 5.74) is -0.109. The van der Waals surface area contributed by atoms with Crippen molar-refractivity contribution in [3.8, 4) is 5.75 Å². The van der Waals surface area contributed by atoms with Gasteiger partial charge in [-0.15, -0.1) is 0 Å². The molecule has 34 heavy (non-hydrogen) atoms. The summed E-state index contributed by atoms with van der Waals surface area (Å²) in [5.74, 6) is -2.38. The van der Waals surface area contributed by atoms with Gasteiger partial charge in [0.15, 0.2) is 0 Å². The molecule has 2 saturated heterocycles. The van der Waals surface area contributed by atoms with Crippen LogP contribution in [-0.4, -0.2) is 52.9 Å². The van der Waals surface area contributed by atoms with Crippen molar-refractivity contribution >= 4 is 29.4 Å². The maximum Gasteiger partial charge on any atom is 0.312 e. The molecule has 9 heteroatoms. The Morgan fingerprint density at radius 3 is 2.68 bits per heavy atom. The first-order valence-corrected chi connectivity index (χ1v) is 11.6. The Labute approximate surface area is 201 Å². The predicted molar refractivity (Wildman–Crippen MR) is 120 cm³/mol. The van der Waals surface area contributed by atoms with Crippen molar-refractivity contribution in [3.05, 3.63) is 64.4 Å². The molecule has 3 heterocycles. The zero-order chi connectivity index (χ0) is 24.2. The molecule has 2 aromatic rings. The molecule has 0 N–H and O–H groups in total. The molecule has 2 aromatic carbocycles. The number of carbonyl (C=O) groups is 3. The fraction of sp³-hybridized carbons (Fsp3) is 0.400. The predicted octanol–water partition coefficient (Wildman–Crippen LogP) is 3.35. The minimum absolute atomic E-state index is 0.123. The van der Waals surface area contributed by atoms with Gasteiger partial charge in [0.2, 0.25) is 11.8 Å². The Morgan fingerprint density at radius 1 is 1.24 bits per heavy atom. The van der Waals surface area contributed by atoms with Gasteiger partial charge < -0.3 is 19.3 Å². The normalized spacial score (nSPS) is 27.6. The zero-order valence-electron chi connectivity index (χ0n) is 18.8. The molecule has 178 valence electrons. The second-order valence-corrected chi connectivity index (χ2v) is 9.47. The minimum atomic E-state index is -1.47. The number of nitrogens with zero attached hydrogens (tertiary/aromatic N) is 2. The lowest BCUT2D eigenvalue weighted by Gasteiger charge is -2.47. The summed E-state index contributed by atoms with van der Waals surface area (Å²) in [7, 11) is 0. The van der Waals surface area contributed by atoms with E-state index in [0.29, 0.717) is 21.9 Å². The van der Waals surface area contributed by atoms with Crippen LogP contribution in [0.15, 0.2) is 42.5 Å². The highest BCUT2D eigenvalue weighted by Gasteiger charge is 2.69. The van der Waals surface area contributed by atoms with Crippen molar-refractivity contribution in [2.45, 2.75) is 32.0 Å². The van der Waals surface area contributed by atoms with Crippen LogP contribution in [-0.2, 0) is 25.7 Å². The third kappa shape index (κ3) is 3.35. The Morgan fingerprint density at radius 2 is 1.97 bits per heavy atom. The molecule has 2 fully saturated rings. The largest absolute Gasteiger partial charge is 0.493 e. The van der Waals surface area contributed by atoms with Gasteiger partial charge in [-0.3, -0.25) is 14.4 Å². The molecule has 0 spiro atoms. The second-order valence-electron chi connectivity index (χ2n) is 9.03. The lowest BCUT2D eigenvalue weighted by Crippen LogP contribution is -2.67. The molecule has 0 bridgehead atoms. The van der Waals surface area contributed by atoms with Crippen molar-refractivity contribution < 1.29 is 28.2 Å². The average Bonchev–Trinajstić information content (AvgIpc) is 3.09. The third-order valence-electron chi connectivity index (χ3n) is 7.08. The van der Waals surface area contributed by atoms with Crippen LogP contribution < -0.4 is 4.74 Å². The standard InChI is InChI=1S/C25H24ClFN2O5/c1-3-33-23(31)21-18-13-34-19-9-6-15(26)10-17(19)22(18)29-20(30)12-28(24(32)25(21,29)2)11-14-4-7-16(27)8-5-14/h4-10,18,21-22H,3,11-13H2,1-2H3/t18-,21-,22+,25-/m1/s1.